The lowest BCUT2D eigenvalue weighted by molar-refractivity contribution is 0.569. The summed E-state index contributed by atoms with van der Waals surface area (Å²) in [4.78, 5) is 8.66. The van der Waals surface area contributed by atoms with E-state index in [0.29, 0.717) is 29.0 Å². The van der Waals surface area contributed by atoms with Crippen LogP contribution in [-0.4, -0.2) is 23.6 Å². The van der Waals surface area contributed by atoms with Crippen LogP contribution in [0.3, 0.4) is 0 Å². The Labute approximate surface area is 147 Å². The Kier molecular flexibility index (Phi) is 3.72. The molecule has 6 nitrogen and oxygen atoms in total. The number of aryl methyl sites for hydroxylation is 1. The summed E-state index contributed by atoms with van der Waals surface area (Å²) in [5.41, 5.74) is 14.0. The zero-order chi connectivity index (χ0) is 17.8. The van der Waals surface area contributed by atoms with Gasteiger partial charge >= 0.3 is 0 Å². The summed E-state index contributed by atoms with van der Waals surface area (Å²) in [6.45, 7) is 1.97. The van der Waals surface area contributed by atoms with Crippen molar-refractivity contribution >= 4 is 21.6 Å². The predicted octanol–water partition coefficient (Wildman–Crippen LogP) is 2.44. The number of nitrogens with zero attached hydrogens (tertiary/aromatic N) is 2. The molecule has 1 aromatic heterocycles. The van der Waals surface area contributed by atoms with Gasteiger partial charge in [-0.15, -0.1) is 0 Å². The number of aromatic nitrogens is 2. The highest BCUT2D eigenvalue weighted by Crippen LogP contribution is 2.54. The van der Waals surface area contributed by atoms with Gasteiger partial charge in [0.15, 0.2) is 9.84 Å². The molecule has 1 heterocycles. The van der Waals surface area contributed by atoms with E-state index in [4.69, 9.17) is 11.5 Å². The summed E-state index contributed by atoms with van der Waals surface area (Å²) in [5.74, 6) is 1.74. The Morgan fingerprint density at radius 2 is 1.68 bits per heavy atom. The molecule has 0 bridgehead atoms. The van der Waals surface area contributed by atoms with Crippen molar-refractivity contribution in [3.8, 4) is 11.1 Å². The molecule has 4 rings (SSSR count). The van der Waals surface area contributed by atoms with Crippen LogP contribution in [-0.2, 0) is 16.3 Å². The quantitative estimate of drug-likeness (QED) is 0.868. The van der Waals surface area contributed by atoms with Crippen molar-refractivity contribution < 1.29 is 8.42 Å². The SMILES string of the molecule is CCc1nc(N)nc(N)c1-c1ccc(S(=O)(=O)C2CC3CC3C2)cc1. The zero-order valence-electron chi connectivity index (χ0n) is 14.1. The van der Waals surface area contributed by atoms with Crippen LogP contribution in [0.15, 0.2) is 29.2 Å². The molecular weight excluding hydrogens is 336 g/mol. The molecule has 2 aliphatic rings. The minimum absolute atomic E-state index is 0.150. The number of hydrogen-bond acceptors (Lipinski definition) is 6. The molecule has 7 heteroatoms. The lowest BCUT2D eigenvalue weighted by Gasteiger charge is -2.15. The maximum atomic E-state index is 12.8. The maximum absolute atomic E-state index is 12.8. The topological polar surface area (TPSA) is 112 Å². The Morgan fingerprint density at radius 1 is 1.04 bits per heavy atom. The van der Waals surface area contributed by atoms with E-state index in [-0.39, 0.29) is 11.2 Å². The van der Waals surface area contributed by atoms with E-state index in [9.17, 15) is 8.42 Å². The molecule has 2 atom stereocenters. The van der Waals surface area contributed by atoms with E-state index in [0.717, 1.165) is 29.7 Å². The van der Waals surface area contributed by atoms with Crippen molar-refractivity contribution in [2.45, 2.75) is 42.8 Å². The number of nitrogen functional groups attached to an aromatic ring is 2. The Bertz CT molecular complexity index is 915. The van der Waals surface area contributed by atoms with Gasteiger partial charge in [-0.1, -0.05) is 19.1 Å². The molecule has 0 amide bonds. The minimum Gasteiger partial charge on any atom is -0.383 e. The van der Waals surface area contributed by atoms with Gasteiger partial charge in [0.25, 0.3) is 0 Å². The Morgan fingerprint density at radius 3 is 2.28 bits per heavy atom. The molecule has 132 valence electrons. The van der Waals surface area contributed by atoms with Crippen molar-refractivity contribution in [2.24, 2.45) is 11.8 Å². The minimum atomic E-state index is -3.26. The molecule has 2 aromatic rings. The van der Waals surface area contributed by atoms with Gasteiger partial charge in [0.2, 0.25) is 5.95 Å². The largest absolute Gasteiger partial charge is 0.383 e. The average molecular weight is 358 g/mol. The van der Waals surface area contributed by atoms with Crippen LogP contribution < -0.4 is 11.5 Å². The smallest absolute Gasteiger partial charge is 0.222 e. The number of hydrogen-bond donors (Lipinski definition) is 2. The third-order valence-electron chi connectivity index (χ3n) is 5.47. The highest BCUT2D eigenvalue weighted by molar-refractivity contribution is 7.92. The first-order chi connectivity index (χ1) is 11.9. The van der Waals surface area contributed by atoms with Gasteiger partial charge in [-0.05, 0) is 55.2 Å². The van der Waals surface area contributed by atoms with Crippen LogP contribution in [0.2, 0.25) is 0 Å². The first-order valence-electron chi connectivity index (χ1n) is 8.66. The Balaban J connectivity index is 1.67. The third kappa shape index (κ3) is 2.76. The van der Waals surface area contributed by atoms with Crippen LogP contribution in [0.4, 0.5) is 11.8 Å². The lowest BCUT2D eigenvalue weighted by atomic mass is 10.0. The van der Waals surface area contributed by atoms with Crippen LogP contribution in [0.5, 0.6) is 0 Å². The van der Waals surface area contributed by atoms with E-state index in [1.807, 2.05) is 6.92 Å². The van der Waals surface area contributed by atoms with Gasteiger partial charge in [-0.2, -0.15) is 4.98 Å². The number of benzene rings is 1. The van der Waals surface area contributed by atoms with Crippen LogP contribution in [0.25, 0.3) is 11.1 Å². The van der Waals surface area contributed by atoms with E-state index in [1.165, 1.54) is 6.42 Å². The third-order valence-corrected chi connectivity index (χ3v) is 7.67. The fourth-order valence-corrected chi connectivity index (χ4v) is 5.93. The molecule has 1 aromatic carbocycles. The fraction of sp³-hybridized carbons (Fsp3) is 0.444. The molecule has 4 N–H and O–H groups in total. The Hall–Kier alpha value is -2.15. The van der Waals surface area contributed by atoms with E-state index in [1.54, 1.807) is 24.3 Å². The molecule has 2 saturated carbocycles. The number of rotatable bonds is 4. The van der Waals surface area contributed by atoms with Crippen LogP contribution in [0, 0.1) is 11.8 Å². The number of fused-ring (bicyclic) bond motifs is 1. The van der Waals surface area contributed by atoms with Crippen molar-refractivity contribution in [3.63, 3.8) is 0 Å². The molecule has 2 unspecified atom stereocenters. The van der Waals surface area contributed by atoms with Crippen molar-refractivity contribution in [1.82, 2.24) is 9.97 Å². The molecule has 0 radical (unpaired) electrons. The highest BCUT2D eigenvalue weighted by atomic mass is 32.2. The molecule has 0 saturated heterocycles. The fourth-order valence-electron chi connectivity index (χ4n) is 4.03. The van der Waals surface area contributed by atoms with E-state index < -0.39 is 9.84 Å². The molecule has 0 aliphatic heterocycles. The monoisotopic (exact) mass is 358 g/mol. The van der Waals surface area contributed by atoms with E-state index in [2.05, 4.69) is 9.97 Å². The number of anilines is 2. The van der Waals surface area contributed by atoms with Gasteiger partial charge in [-0.3, -0.25) is 0 Å². The number of sulfone groups is 1. The highest BCUT2D eigenvalue weighted by Gasteiger charge is 2.50. The predicted molar refractivity (Wildman–Crippen MR) is 97.5 cm³/mol. The number of nitrogens with two attached hydrogens (primary N) is 2. The van der Waals surface area contributed by atoms with Crippen molar-refractivity contribution in [3.05, 3.63) is 30.0 Å². The first kappa shape index (κ1) is 16.3. The molecule has 2 fully saturated rings. The van der Waals surface area contributed by atoms with Gasteiger partial charge in [0.1, 0.15) is 5.82 Å². The summed E-state index contributed by atoms with van der Waals surface area (Å²) < 4.78 is 25.6. The zero-order valence-corrected chi connectivity index (χ0v) is 15.0. The molecule has 0 spiro atoms. The van der Waals surface area contributed by atoms with Crippen molar-refractivity contribution in [2.75, 3.05) is 11.5 Å². The summed E-state index contributed by atoms with van der Waals surface area (Å²) in [5, 5.41) is -0.224. The average Bonchev–Trinajstić information content (AvgIpc) is 3.19. The van der Waals surface area contributed by atoms with Gasteiger partial charge < -0.3 is 11.5 Å². The molecular formula is C18H22N4O2S. The summed E-state index contributed by atoms with van der Waals surface area (Å²) >= 11 is 0. The summed E-state index contributed by atoms with van der Waals surface area (Å²) in [7, 11) is -3.26. The molecule has 25 heavy (non-hydrogen) atoms. The second-order valence-corrected chi connectivity index (χ2v) is 9.29. The second-order valence-electron chi connectivity index (χ2n) is 7.06. The summed E-state index contributed by atoms with van der Waals surface area (Å²) in [6.07, 6.45) is 3.50. The van der Waals surface area contributed by atoms with E-state index >= 15 is 0 Å². The first-order valence-corrected chi connectivity index (χ1v) is 10.2. The second kappa shape index (κ2) is 5.69. The van der Waals surface area contributed by atoms with Crippen LogP contribution >= 0.6 is 0 Å². The van der Waals surface area contributed by atoms with Gasteiger partial charge in [0, 0.05) is 5.56 Å². The normalized spacial score (nSPS) is 24.9. The molecule has 2 aliphatic carbocycles. The standard InChI is InChI=1S/C18H22N4O2S/c1-2-15-16(17(19)22-18(20)21-15)10-3-5-13(6-4-10)25(23,24)14-8-11-7-12(11)9-14/h3-6,11-12,14H,2,7-9H2,1H3,(H4,19,20,21,22). The lowest BCUT2D eigenvalue weighted by Crippen LogP contribution is -2.19. The van der Waals surface area contributed by atoms with Gasteiger partial charge in [0.05, 0.1) is 15.8 Å². The summed E-state index contributed by atoms with van der Waals surface area (Å²) in [6, 6.07) is 6.91. The van der Waals surface area contributed by atoms with Crippen molar-refractivity contribution in [1.29, 1.82) is 0 Å². The van der Waals surface area contributed by atoms with Gasteiger partial charge in [-0.25, -0.2) is 13.4 Å². The maximum Gasteiger partial charge on any atom is 0.222 e. The van der Waals surface area contributed by atoms with Crippen LogP contribution in [0.1, 0.15) is 31.9 Å².